The van der Waals surface area contributed by atoms with Crippen molar-refractivity contribution >= 4 is 12.3 Å². The number of aromatic carboxylic acids is 1. The fourth-order valence-electron chi connectivity index (χ4n) is 1.44. The minimum Gasteiger partial charge on any atom is -0.478 e. The Morgan fingerprint density at radius 1 is 1.50 bits per heavy atom. The molecule has 0 saturated carbocycles. The Morgan fingerprint density at radius 3 is 2.79 bits per heavy atom. The van der Waals surface area contributed by atoms with Crippen LogP contribution in [0.25, 0.3) is 0 Å². The van der Waals surface area contributed by atoms with Gasteiger partial charge in [0.1, 0.15) is 6.29 Å². The van der Waals surface area contributed by atoms with Crippen LogP contribution in [-0.2, 0) is 11.2 Å². The largest absolute Gasteiger partial charge is 0.478 e. The van der Waals surface area contributed by atoms with Gasteiger partial charge in [-0.3, -0.25) is 0 Å². The molecule has 14 heavy (non-hydrogen) atoms. The Labute approximate surface area is 82.4 Å². The van der Waals surface area contributed by atoms with Crippen LogP contribution in [0.15, 0.2) is 18.2 Å². The highest BCUT2D eigenvalue weighted by molar-refractivity contribution is 5.89. The van der Waals surface area contributed by atoms with Crippen molar-refractivity contribution in [3.8, 4) is 0 Å². The molecule has 0 aliphatic heterocycles. The van der Waals surface area contributed by atoms with Crippen molar-refractivity contribution in [1.29, 1.82) is 0 Å². The van der Waals surface area contributed by atoms with E-state index >= 15 is 0 Å². The van der Waals surface area contributed by atoms with E-state index in [1.54, 1.807) is 12.1 Å². The van der Waals surface area contributed by atoms with Gasteiger partial charge in [-0.25, -0.2) is 4.79 Å². The first-order valence-electron chi connectivity index (χ1n) is 4.42. The first-order valence-corrected chi connectivity index (χ1v) is 4.42. The number of hydrogen-bond donors (Lipinski definition) is 1. The number of rotatable bonds is 4. The highest BCUT2D eigenvalue weighted by Crippen LogP contribution is 2.15. The monoisotopic (exact) mass is 192 g/mol. The zero-order chi connectivity index (χ0) is 10.6. The Balaban J connectivity index is 3.08. The van der Waals surface area contributed by atoms with Crippen LogP contribution in [-0.4, -0.2) is 17.4 Å². The lowest BCUT2D eigenvalue weighted by Gasteiger charge is -2.07. The van der Waals surface area contributed by atoms with E-state index in [2.05, 4.69) is 0 Å². The summed E-state index contributed by atoms with van der Waals surface area (Å²) in [6.07, 6.45) is 1.67. The number of carbonyl (C=O) groups is 2. The summed E-state index contributed by atoms with van der Waals surface area (Å²) < 4.78 is 0. The first kappa shape index (κ1) is 10.4. The third kappa shape index (κ3) is 2.19. The number of carboxylic acids is 1. The van der Waals surface area contributed by atoms with Crippen LogP contribution < -0.4 is 0 Å². The average molecular weight is 192 g/mol. The maximum Gasteiger partial charge on any atom is 0.335 e. The van der Waals surface area contributed by atoms with Gasteiger partial charge in [0.15, 0.2) is 0 Å². The SMILES string of the molecule is Cc1cccc(C(=O)O)c1CCC=O. The van der Waals surface area contributed by atoms with Gasteiger partial charge in [0.25, 0.3) is 0 Å². The van der Waals surface area contributed by atoms with Crippen molar-refractivity contribution in [2.24, 2.45) is 0 Å². The van der Waals surface area contributed by atoms with Gasteiger partial charge in [-0.2, -0.15) is 0 Å². The molecule has 0 saturated heterocycles. The van der Waals surface area contributed by atoms with Crippen molar-refractivity contribution in [3.63, 3.8) is 0 Å². The van der Waals surface area contributed by atoms with Gasteiger partial charge < -0.3 is 9.90 Å². The maximum atomic E-state index is 10.8. The summed E-state index contributed by atoms with van der Waals surface area (Å²) in [7, 11) is 0. The van der Waals surface area contributed by atoms with Crippen LogP contribution in [0.1, 0.15) is 27.9 Å². The van der Waals surface area contributed by atoms with E-state index in [9.17, 15) is 9.59 Å². The third-order valence-corrected chi connectivity index (χ3v) is 2.15. The quantitative estimate of drug-likeness (QED) is 0.740. The summed E-state index contributed by atoms with van der Waals surface area (Å²) in [5.74, 6) is -0.936. The third-order valence-electron chi connectivity index (χ3n) is 2.15. The fraction of sp³-hybridized carbons (Fsp3) is 0.273. The Bertz CT molecular complexity index is 356. The molecule has 1 aromatic rings. The molecule has 0 fully saturated rings. The van der Waals surface area contributed by atoms with Crippen molar-refractivity contribution in [1.82, 2.24) is 0 Å². The van der Waals surface area contributed by atoms with E-state index < -0.39 is 5.97 Å². The minimum absolute atomic E-state index is 0.298. The molecule has 0 heterocycles. The highest BCUT2D eigenvalue weighted by atomic mass is 16.4. The molecule has 1 rings (SSSR count). The molecule has 0 aliphatic rings. The van der Waals surface area contributed by atoms with Gasteiger partial charge >= 0.3 is 5.97 Å². The Kier molecular flexibility index (Phi) is 3.40. The molecule has 1 aromatic carbocycles. The van der Waals surface area contributed by atoms with Crippen molar-refractivity contribution < 1.29 is 14.7 Å². The normalized spacial score (nSPS) is 9.79. The van der Waals surface area contributed by atoms with Gasteiger partial charge in [0, 0.05) is 6.42 Å². The molecule has 3 heteroatoms. The molecule has 3 nitrogen and oxygen atoms in total. The van der Waals surface area contributed by atoms with Gasteiger partial charge in [-0.1, -0.05) is 12.1 Å². The minimum atomic E-state index is -0.936. The number of aldehydes is 1. The van der Waals surface area contributed by atoms with Gasteiger partial charge in [0.05, 0.1) is 5.56 Å². The van der Waals surface area contributed by atoms with Crippen LogP contribution in [0, 0.1) is 6.92 Å². The molecule has 0 aliphatic carbocycles. The van der Waals surface area contributed by atoms with Gasteiger partial charge in [0.2, 0.25) is 0 Å². The highest BCUT2D eigenvalue weighted by Gasteiger charge is 2.10. The summed E-state index contributed by atoms with van der Waals surface area (Å²) in [5, 5.41) is 8.90. The molecule has 74 valence electrons. The van der Waals surface area contributed by atoms with E-state index in [4.69, 9.17) is 5.11 Å². The molecule has 0 amide bonds. The molecule has 0 atom stereocenters. The van der Waals surface area contributed by atoms with Crippen molar-refractivity contribution in [3.05, 3.63) is 34.9 Å². The molecule has 0 radical (unpaired) electrons. The Morgan fingerprint density at radius 2 is 2.21 bits per heavy atom. The lowest BCUT2D eigenvalue weighted by Crippen LogP contribution is -2.04. The second kappa shape index (κ2) is 4.56. The van der Waals surface area contributed by atoms with Crippen LogP contribution in [0.5, 0.6) is 0 Å². The molecule has 0 bridgehead atoms. The number of aryl methyl sites for hydroxylation is 1. The van der Waals surface area contributed by atoms with Crippen LogP contribution in [0.4, 0.5) is 0 Å². The zero-order valence-electron chi connectivity index (χ0n) is 7.99. The first-order chi connectivity index (χ1) is 6.66. The second-order valence-electron chi connectivity index (χ2n) is 3.11. The van der Waals surface area contributed by atoms with E-state index in [-0.39, 0.29) is 0 Å². The van der Waals surface area contributed by atoms with Crippen molar-refractivity contribution in [2.45, 2.75) is 19.8 Å². The van der Waals surface area contributed by atoms with Gasteiger partial charge in [-0.15, -0.1) is 0 Å². The molecule has 1 N–H and O–H groups in total. The number of benzene rings is 1. The molecular formula is C11H12O3. The summed E-state index contributed by atoms with van der Waals surface area (Å²) in [4.78, 5) is 21.1. The number of carboxylic acid groups (broad SMARTS) is 1. The number of carbonyl (C=O) groups excluding carboxylic acids is 1. The smallest absolute Gasteiger partial charge is 0.335 e. The summed E-state index contributed by atoms with van der Waals surface area (Å²) in [6, 6.07) is 5.13. The molecule has 0 spiro atoms. The van der Waals surface area contributed by atoms with E-state index in [1.165, 1.54) is 0 Å². The Hall–Kier alpha value is -1.64. The lowest BCUT2D eigenvalue weighted by molar-refractivity contribution is -0.107. The fourth-order valence-corrected chi connectivity index (χ4v) is 1.44. The van der Waals surface area contributed by atoms with Crippen molar-refractivity contribution in [2.75, 3.05) is 0 Å². The predicted molar refractivity (Wildman–Crippen MR) is 52.5 cm³/mol. The standard InChI is InChI=1S/C11H12O3/c1-8-4-2-5-10(11(13)14)9(8)6-3-7-12/h2,4-5,7H,3,6H2,1H3,(H,13,14). The average Bonchev–Trinajstić information content (AvgIpc) is 2.15. The van der Waals surface area contributed by atoms with Crippen LogP contribution in [0.3, 0.4) is 0 Å². The van der Waals surface area contributed by atoms with E-state index in [1.807, 2.05) is 13.0 Å². The molecular weight excluding hydrogens is 180 g/mol. The molecule has 0 aromatic heterocycles. The lowest BCUT2D eigenvalue weighted by atomic mass is 9.98. The van der Waals surface area contributed by atoms with E-state index in [0.717, 1.165) is 17.4 Å². The zero-order valence-corrected chi connectivity index (χ0v) is 7.99. The number of hydrogen-bond acceptors (Lipinski definition) is 2. The summed E-state index contributed by atoms with van der Waals surface area (Å²) in [5.41, 5.74) is 1.98. The van der Waals surface area contributed by atoms with Crippen LogP contribution in [0.2, 0.25) is 0 Å². The summed E-state index contributed by atoms with van der Waals surface area (Å²) in [6.45, 7) is 1.85. The van der Waals surface area contributed by atoms with Crippen LogP contribution >= 0.6 is 0 Å². The van der Waals surface area contributed by atoms with E-state index in [0.29, 0.717) is 18.4 Å². The maximum absolute atomic E-state index is 10.8. The summed E-state index contributed by atoms with van der Waals surface area (Å²) >= 11 is 0. The topological polar surface area (TPSA) is 54.4 Å². The second-order valence-corrected chi connectivity index (χ2v) is 3.11. The molecule has 0 unspecified atom stereocenters. The predicted octanol–water partition coefficient (Wildman–Crippen LogP) is 1.82. The van der Waals surface area contributed by atoms with Gasteiger partial charge in [-0.05, 0) is 30.5 Å².